The van der Waals surface area contributed by atoms with E-state index in [4.69, 9.17) is 5.14 Å². The van der Waals surface area contributed by atoms with Crippen LogP contribution in [0.15, 0.2) is 83.8 Å². The highest BCUT2D eigenvalue weighted by atomic mass is 32.2. The van der Waals surface area contributed by atoms with Crippen molar-refractivity contribution in [3.8, 4) is 11.1 Å². The molecule has 0 heterocycles. The van der Waals surface area contributed by atoms with Gasteiger partial charge in [-0.25, -0.2) is 13.6 Å². The molecular weight excluding hydrogens is 372 g/mol. The molecule has 0 saturated carbocycles. The number of rotatable bonds is 7. The van der Waals surface area contributed by atoms with Crippen LogP contribution < -0.4 is 10.5 Å². The Morgan fingerprint density at radius 2 is 1.36 bits per heavy atom. The number of nitrogens with two attached hydrogens (primary N) is 1. The fourth-order valence-electron chi connectivity index (χ4n) is 2.89. The van der Waals surface area contributed by atoms with Crippen molar-refractivity contribution in [2.24, 2.45) is 5.14 Å². The molecule has 3 aromatic carbocycles. The minimum Gasteiger partial charge on any atom is -0.355 e. The van der Waals surface area contributed by atoms with Crippen LogP contribution in [-0.4, -0.2) is 20.9 Å². The Bertz CT molecular complexity index is 1030. The first-order valence-electron chi connectivity index (χ1n) is 8.94. The van der Waals surface area contributed by atoms with Gasteiger partial charge in [0.15, 0.2) is 0 Å². The van der Waals surface area contributed by atoms with Gasteiger partial charge in [-0.2, -0.15) is 0 Å². The molecule has 0 aliphatic carbocycles. The van der Waals surface area contributed by atoms with Crippen LogP contribution in [-0.2, 0) is 27.7 Å². The molecule has 5 nitrogen and oxygen atoms in total. The molecule has 0 aromatic heterocycles. The van der Waals surface area contributed by atoms with E-state index in [1.54, 1.807) is 12.1 Å². The topological polar surface area (TPSA) is 89.3 Å². The Morgan fingerprint density at radius 3 is 1.96 bits per heavy atom. The largest absolute Gasteiger partial charge is 0.355 e. The fraction of sp³-hybridized carbons (Fsp3) is 0.136. The molecule has 0 atom stereocenters. The Labute approximate surface area is 165 Å². The van der Waals surface area contributed by atoms with Gasteiger partial charge in [-0.15, -0.1) is 0 Å². The zero-order valence-electron chi connectivity index (χ0n) is 15.3. The molecule has 0 saturated heterocycles. The van der Waals surface area contributed by atoms with Gasteiger partial charge in [-0.1, -0.05) is 66.7 Å². The first-order valence-corrected chi connectivity index (χ1v) is 10.5. The van der Waals surface area contributed by atoms with Crippen molar-refractivity contribution in [1.29, 1.82) is 0 Å². The highest BCUT2D eigenvalue weighted by Gasteiger charge is 2.07. The summed E-state index contributed by atoms with van der Waals surface area (Å²) in [5.74, 6) is -0.0476. The molecule has 144 valence electrons. The normalized spacial score (nSPS) is 11.2. The SMILES string of the molecule is NS(=O)(=O)c1ccc(CCNC(=O)Cc2ccc(-c3ccccc3)cc2)cc1. The monoisotopic (exact) mass is 394 g/mol. The number of benzene rings is 3. The van der Waals surface area contributed by atoms with Crippen molar-refractivity contribution < 1.29 is 13.2 Å². The summed E-state index contributed by atoms with van der Waals surface area (Å²) in [7, 11) is -3.68. The third kappa shape index (κ3) is 5.52. The summed E-state index contributed by atoms with van der Waals surface area (Å²) < 4.78 is 22.5. The van der Waals surface area contributed by atoms with Crippen LogP contribution in [0.1, 0.15) is 11.1 Å². The second-order valence-corrected chi connectivity index (χ2v) is 8.09. The maximum absolute atomic E-state index is 12.1. The van der Waals surface area contributed by atoms with Crippen molar-refractivity contribution in [1.82, 2.24) is 5.32 Å². The molecule has 0 radical (unpaired) electrons. The molecule has 0 spiro atoms. The third-order valence-electron chi connectivity index (χ3n) is 4.41. The molecule has 0 bridgehead atoms. The van der Waals surface area contributed by atoms with Crippen LogP contribution >= 0.6 is 0 Å². The fourth-order valence-corrected chi connectivity index (χ4v) is 3.40. The van der Waals surface area contributed by atoms with Gasteiger partial charge in [-0.3, -0.25) is 4.79 Å². The number of nitrogens with one attached hydrogen (secondary N) is 1. The highest BCUT2D eigenvalue weighted by molar-refractivity contribution is 7.89. The van der Waals surface area contributed by atoms with Crippen LogP contribution in [0.5, 0.6) is 0 Å². The lowest BCUT2D eigenvalue weighted by atomic mass is 10.0. The smallest absolute Gasteiger partial charge is 0.238 e. The molecule has 0 aliphatic rings. The summed E-state index contributed by atoms with van der Waals surface area (Å²) >= 11 is 0. The number of primary sulfonamides is 1. The quantitative estimate of drug-likeness (QED) is 0.646. The average Bonchev–Trinajstić information content (AvgIpc) is 2.69. The third-order valence-corrected chi connectivity index (χ3v) is 5.34. The van der Waals surface area contributed by atoms with E-state index in [-0.39, 0.29) is 10.8 Å². The summed E-state index contributed by atoms with van der Waals surface area (Å²) in [5, 5.41) is 7.97. The van der Waals surface area contributed by atoms with Crippen LogP contribution in [0.4, 0.5) is 0 Å². The number of amides is 1. The lowest BCUT2D eigenvalue weighted by Gasteiger charge is -2.07. The van der Waals surface area contributed by atoms with E-state index in [0.717, 1.165) is 22.3 Å². The molecule has 28 heavy (non-hydrogen) atoms. The van der Waals surface area contributed by atoms with Crippen LogP contribution in [0, 0.1) is 0 Å². The van der Waals surface area contributed by atoms with Gasteiger partial charge in [0.1, 0.15) is 0 Å². The van der Waals surface area contributed by atoms with Crippen molar-refractivity contribution in [2.45, 2.75) is 17.7 Å². The second kappa shape index (κ2) is 8.82. The number of carbonyl (C=O) groups excluding carboxylic acids is 1. The lowest BCUT2D eigenvalue weighted by Crippen LogP contribution is -2.27. The highest BCUT2D eigenvalue weighted by Crippen LogP contribution is 2.19. The van der Waals surface area contributed by atoms with E-state index >= 15 is 0 Å². The molecule has 1 amide bonds. The van der Waals surface area contributed by atoms with Crippen molar-refractivity contribution in [2.75, 3.05) is 6.54 Å². The number of carbonyl (C=O) groups is 1. The van der Waals surface area contributed by atoms with Gasteiger partial charge < -0.3 is 5.32 Å². The Hall–Kier alpha value is -2.96. The van der Waals surface area contributed by atoms with E-state index in [9.17, 15) is 13.2 Å². The first-order chi connectivity index (χ1) is 13.4. The zero-order chi connectivity index (χ0) is 20.0. The molecule has 0 unspecified atom stereocenters. The van der Waals surface area contributed by atoms with Gasteiger partial charge >= 0.3 is 0 Å². The first kappa shape index (κ1) is 19.8. The summed E-state index contributed by atoms with van der Waals surface area (Å²) in [4.78, 5) is 12.2. The molecule has 3 rings (SSSR count). The average molecular weight is 394 g/mol. The summed E-state index contributed by atoms with van der Waals surface area (Å²) in [6, 6.07) is 24.4. The van der Waals surface area contributed by atoms with Gasteiger partial charge in [0.25, 0.3) is 0 Å². The van der Waals surface area contributed by atoms with E-state index in [2.05, 4.69) is 17.4 Å². The van der Waals surface area contributed by atoms with Crippen molar-refractivity contribution >= 4 is 15.9 Å². The maximum Gasteiger partial charge on any atom is 0.238 e. The molecule has 3 N–H and O–H groups in total. The predicted octanol–water partition coefficient (Wildman–Crippen LogP) is 2.90. The van der Waals surface area contributed by atoms with Crippen LogP contribution in [0.25, 0.3) is 11.1 Å². The lowest BCUT2D eigenvalue weighted by molar-refractivity contribution is -0.120. The van der Waals surface area contributed by atoms with Gasteiger partial charge in [-0.05, 0) is 40.8 Å². The Morgan fingerprint density at radius 1 is 0.786 bits per heavy atom. The van der Waals surface area contributed by atoms with E-state index < -0.39 is 10.0 Å². The molecule has 3 aromatic rings. The van der Waals surface area contributed by atoms with E-state index in [0.29, 0.717) is 19.4 Å². The predicted molar refractivity (Wildman–Crippen MR) is 110 cm³/mol. The summed E-state index contributed by atoms with van der Waals surface area (Å²) in [6.45, 7) is 0.482. The minimum absolute atomic E-state index is 0.0476. The van der Waals surface area contributed by atoms with E-state index in [1.165, 1.54) is 12.1 Å². The van der Waals surface area contributed by atoms with Crippen molar-refractivity contribution in [3.63, 3.8) is 0 Å². The Balaban J connectivity index is 1.48. The van der Waals surface area contributed by atoms with Gasteiger partial charge in [0, 0.05) is 6.54 Å². The number of hydrogen-bond donors (Lipinski definition) is 2. The summed E-state index contributed by atoms with van der Waals surface area (Å²) in [5.41, 5.74) is 4.15. The van der Waals surface area contributed by atoms with Gasteiger partial charge in [0.05, 0.1) is 11.3 Å². The van der Waals surface area contributed by atoms with Crippen LogP contribution in [0.3, 0.4) is 0 Å². The summed E-state index contributed by atoms with van der Waals surface area (Å²) in [6.07, 6.45) is 0.934. The molecule has 6 heteroatoms. The van der Waals surface area contributed by atoms with Gasteiger partial charge in [0.2, 0.25) is 15.9 Å². The maximum atomic E-state index is 12.1. The second-order valence-electron chi connectivity index (χ2n) is 6.53. The van der Waals surface area contributed by atoms with Crippen LogP contribution in [0.2, 0.25) is 0 Å². The molecule has 0 aliphatic heterocycles. The Kier molecular flexibility index (Phi) is 6.23. The minimum atomic E-state index is -3.68. The standard InChI is InChI=1S/C22H22N2O3S/c23-28(26,27)21-12-8-17(9-13-21)14-15-24-22(25)16-18-6-10-20(11-7-18)19-4-2-1-3-5-19/h1-13H,14-16H2,(H,24,25)(H2,23,26,27). The van der Waals surface area contributed by atoms with Crippen molar-refractivity contribution in [3.05, 3.63) is 90.0 Å². The number of sulfonamides is 1. The zero-order valence-corrected chi connectivity index (χ0v) is 16.2. The van der Waals surface area contributed by atoms with E-state index in [1.807, 2.05) is 42.5 Å². The molecular formula is C22H22N2O3S. The number of hydrogen-bond acceptors (Lipinski definition) is 3. The molecule has 0 fully saturated rings.